The topological polar surface area (TPSA) is 86.4 Å². The van der Waals surface area contributed by atoms with Crippen LogP contribution in [0.2, 0.25) is 5.02 Å². The molecule has 1 amide bonds. The van der Waals surface area contributed by atoms with Crippen molar-refractivity contribution in [3.05, 3.63) is 69.0 Å². The van der Waals surface area contributed by atoms with Crippen LogP contribution in [-0.4, -0.2) is 10.8 Å². The number of nitrogens with zero attached hydrogens (tertiary/aromatic N) is 1. The Morgan fingerprint density at radius 1 is 1.40 bits per heavy atom. The first-order valence-corrected chi connectivity index (χ1v) is 6.13. The Bertz CT molecular complexity index is 647. The number of hydrogen-bond donors (Lipinski definition) is 1. The van der Waals surface area contributed by atoms with Gasteiger partial charge in [0.05, 0.1) is 15.5 Å². The lowest BCUT2D eigenvalue weighted by molar-refractivity contribution is -0.384. The molecule has 0 radical (unpaired) electrons. The average Bonchev–Trinajstić information content (AvgIpc) is 2.46. The Labute approximate surface area is 119 Å². The summed E-state index contributed by atoms with van der Waals surface area (Å²) in [7, 11) is 0. The number of pyridine rings is 1. The second kappa shape index (κ2) is 6.12. The SMILES string of the molecule is O=C(NCc1ccc[nH+]c1)c1cc([N+](=O)[O-])ccc1Cl. The van der Waals surface area contributed by atoms with Crippen LogP contribution in [0.4, 0.5) is 5.69 Å². The Kier molecular flexibility index (Phi) is 4.27. The summed E-state index contributed by atoms with van der Waals surface area (Å²) in [6, 6.07) is 7.40. The summed E-state index contributed by atoms with van der Waals surface area (Å²) in [6.07, 6.45) is 3.50. The van der Waals surface area contributed by atoms with Gasteiger partial charge in [0.15, 0.2) is 12.4 Å². The number of H-pyrrole nitrogens is 1. The minimum Gasteiger partial charge on any atom is -0.348 e. The molecular formula is C13H11ClN3O3+. The summed E-state index contributed by atoms with van der Waals surface area (Å²) in [5.41, 5.74) is 0.788. The lowest BCUT2D eigenvalue weighted by Crippen LogP contribution is -2.23. The van der Waals surface area contributed by atoms with Gasteiger partial charge < -0.3 is 5.32 Å². The molecule has 2 aromatic rings. The number of benzene rings is 1. The predicted molar refractivity (Wildman–Crippen MR) is 72.3 cm³/mol. The fourth-order valence-corrected chi connectivity index (χ4v) is 1.82. The van der Waals surface area contributed by atoms with Crippen LogP contribution in [0.1, 0.15) is 15.9 Å². The number of aromatic amines is 1. The van der Waals surface area contributed by atoms with E-state index >= 15 is 0 Å². The minimum absolute atomic E-state index is 0.0841. The van der Waals surface area contributed by atoms with Gasteiger partial charge >= 0.3 is 0 Å². The van der Waals surface area contributed by atoms with E-state index in [9.17, 15) is 14.9 Å². The van der Waals surface area contributed by atoms with Crippen LogP contribution in [-0.2, 0) is 6.54 Å². The summed E-state index contributed by atoms with van der Waals surface area (Å²) in [5.74, 6) is -0.456. The van der Waals surface area contributed by atoms with Crippen molar-refractivity contribution >= 4 is 23.2 Å². The van der Waals surface area contributed by atoms with Crippen molar-refractivity contribution < 1.29 is 14.7 Å². The van der Waals surface area contributed by atoms with Crippen molar-refractivity contribution in [2.24, 2.45) is 0 Å². The molecule has 0 aliphatic heterocycles. The van der Waals surface area contributed by atoms with Gasteiger partial charge in [-0.2, -0.15) is 0 Å². The lowest BCUT2D eigenvalue weighted by Gasteiger charge is -2.05. The fourth-order valence-electron chi connectivity index (χ4n) is 1.62. The standard InChI is InChI=1S/C13H10ClN3O3/c14-12-4-3-10(17(19)20)6-11(12)13(18)16-8-9-2-1-5-15-7-9/h1-7H,8H2,(H,16,18)/p+1. The highest BCUT2D eigenvalue weighted by atomic mass is 35.5. The molecular weight excluding hydrogens is 282 g/mol. The maximum Gasteiger partial charge on any atom is 0.270 e. The largest absolute Gasteiger partial charge is 0.348 e. The summed E-state index contributed by atoms with van der Waals surface area (Å²) >= 11 is 5.89. The number of nitro groups is 1. The number of hydrogen-bond acceptors (Lipinski definition) is 3. The van der Waals surface area contributed by atoms with Crippen LogP contribution in [0.25, 0.3) is 0 Å². The monoisotopic (exact) mass is 292 g/mol. The molecule has 0 spiro atoms. The number of halogens is 1. The molecule has 0 unspecified atom stereocenters. The van der Waals surface area contributed by atoms with Crippen LogP contribution in [0.15, 0.2) is 42.7 Å². The first-order chi connectivity index (χ1) is 9.58. The van der Waals surface area contributed by atoms with Crippen LogP contribution in [0.3, 0.4) is 0 Å². The number of carbonyl (C=O) groups is 1. The Hall–Kier alpha value is -2.47. The smallest absolute Gasteiger partial charge is 0.270 e. The zero-order chi connectivity index (χ0) is 14.5. The van der Waals surface area contributed by atoms with E-state index in [4.69, 9.17) is 11.6 Å². The number of carbonyl (C=O) groups excluding carboxylic acids is 1. The maximum atomic E-state index is 12.0. The number of non-ortho nitro benzene ring substituents is 1. The molecule has 0 saturated heterocycles. The van der Waals surface area contributed by atoms with Gasteiger partial charge in [-0.15, -0.1) is 0 Å². The van der Waals surface area contributed by atoms with Gasteiger partial charge in [0.25, 0.3) is 11.6 Å². The van der Waals surface area contributed by atoms with Crippen LogP contribution < -0.4 is 10.3 Å². The summed E-state index contributed by atoms with van der Waals surface area (Å²) in [5, 5.41) is 13.5. The van der Waals surface area contributed by atoms with Gasteiger partial charge in [0.1, 0.15) is 0 Å². The normalized spacial score (nSPS) is 10.1. The van der Waals surface area contributed by atoms with Crippen molar-refractivity contribution in [1.29, 1.82) is 0 Å². The molecule has 0 bridgehead atoms. The summed E-state index contributed by atoms with van der Waals surface area (Å²) in [4.78, 5) is 25.0. The van der Waals surface area contributed by atoms with E-state index in [0.29, 0.717) is 6.54 Å². The number of nitro benzene ring substituents is 1. The van der Waals surface area contributed by atoms with E-state index in [2.05, 4.69) is 10.3 Å². The molecule has 0 fully saturated rings. The molecule has 7 heteroatoms. The number of nitrogens with one attached hydrogen (secondary N) is 2. The van der Waals surface area contributed by atoms with Crippen molar-refractivity contribution in [2.45, 2.75) is 6.54 Å². The Balaban J connectivity index is 2.13. The van der Waals surface area contributed by atoms with Gasteiger partial charge in [-0.1, -0.05) is 11.6 Å². The molecule has 20 heavy (non-hydrogen) atoms. The van der Waals surface area contributed by atoms with E-state index in [1.54, 1.807) is 12.4 Å². The zero-order valence-electron chi connectivity index (χ0n) is 10.3. The van der Waals surface area contributed by atoms with Crippen LogP contribution in [0.5, 0.6) is 0 Å². The number of rotatable bonds is 4. The third kappa shape index (κ3) is 3.30. The average molecular weight is 293 g/mol. The lowest BCUT2D eigenvalue weighted by atomic mass is 10.2. The zero-order valence-corrected chi connectivity index (χ0v) is 11.1. The molecule has 2 rings (SSSR count). The summed E-state index contributed by atoms with van der Waals surface area (Å²) in [6.45, 7) is 0.301. The third-order valence-corrected chi connectivity index (χ3v) is 2.96. The highest BCUT2D eigenvalue weighted by Crippen LogP contribution is 2.21. The number of aromatic nitrogens is 1. The van der Waals surface area contributed by atoms with Crippen molar-refractivity contribution in [1.82, 2.24) is 5.32 Å². The van der Waals surface area contributed by atoms with Gasteiger partial charge in [-0.25, -0.2) is 4.98 Å². The molecule has 1 aromatic carbocycles. The Morgan fingerprint density at radius 3 is 2.85 bits per heavy atom. The third-order valence-electron chi connectivity index (χ3n) is 2.63. The maximum absolute atomic E-state index is 12.0. The first-order valence-electron chi connectivity index (χ1n) is 5.75. The van der Waals surface area contributed by atoms with Gasteiger partial charge in [-0.3, -0.25) is 14.9 Å². The first kappa shape index (κ1) is 14.0. The van der Waals surface area contributed by atoms with Crippen molar-refractivity contribution in [3.8, 4) is 0 Å². The quantitative estimate of drug-likeness (QED) is 0.690. The molecule has 1 aromatic heterocycles. The molecule has 0 aliphatic carbocycles. The number of amides is 1. The second-order valence-corrected chi connectivity index (χ2v) is 4.42. The predicted octanol–water partition coefficient (Wildman–Crippen LogP) is 1.99. The van der Waals surface area contributed by atoms with Gasteiger partial charge in [-0.05, 0) is 12.1 Å². The van der Waals surface area contributed by atoms with E-state index < -0.39 is 10.8 Å². The van der Waals surface area contributed by atoms with E-state index in [1.165, 1.54) is 12.1 Å². The molecule has 1 heterocycles. The van der Waals surface area contributed by atoms with E-state index in [1.807, 2.05) is 12.1 Å². The van der Waals surface area contributed by atoms with Crippen LogP contribution >= 0.6 is 11.6 Å². The van der Waals surface area contributed by atoms with Gasteiger partial charge in [0.2, 0.25) is 0 Å². The molecule has 0 saturated carbocycles. The van der Waals surface area contributed by atoms with Crippen molar-refractivity contribution in [2.75, 3.05) is 0 Å². The minimum atomic E-state index is -0.570. The molecule has 102 valence electrons. The summed E-state index contributed by atoms with van der Waals surface area (Å²) < 4.78 is 0. The highest BCUT2D eigenvalue weighted by molar-refractivity contribution is 6.33. The second-order valence-electron chi connectivity index (χ2n) is 4.02. The molecule has 0 aliphatic rings. The Morgan fingerprint density at radius 2 is 2.20 bits per heavy atom. The van der Waals surface area contributed by atoms with Crippen LogP contribution in [0, 0.1) is 10.1 Å². The fraction of sp³-hybridized carbons (Fsp3) is 0.0769. The molecule has 6 nitrogen and oxygen atoms in total. The molecule has 2 N–H and O–H groups in total. The molecule has 0 atom stereocenters. The van der Waals surface area contributed by atoms with E-state index in [-0.39, 0.29) is 16.3 Å². The van der Waals surface area contributed by atoms with E-state index in [0.717, 1.165) is 11.6 Å². The highest BCUT2D eigenvalue weighted by Gasteiger charge is 2.15. The van der Waals surface area contributed by atoms with Gasteiger partial charge in [0, 0.05) is 30.3 Å². The van der Waals surface area contributed by atoms with Crippen molar-refractivity contribution in [3.63, 3.8) is 0 Å².